The number of aliphatic hydroxyl groups is 1. The van der Waals surface area contributed by atoms with Crippen molar-refractivity contribution < 1.29 is 19.9 Å². The Morgan fingerprint density at radius 1 is 1.15 bits per heavy atom. The van der Waals surface area contributed by atoms with Crippen LogP contribution >= 0.6 is 0 Å². The van der Waals surface area contributed by atoms with Crippen LogP contribution in [0, 0.1) is 0 Å². The molecule has 3 N–H and O–H groups in total. The summed E-state index contributed by atoms with van der Waals surface area (Å²) in [5.74, 6) is 0.349. The predicted octanol–water partition coefficient (Wildman–Crippen LogP) is 1.77. The molecule has 5 heteroatoms. The van der Waals surface area contributed by atoms with Crippen molar-refractivity contribution >= 4 is 12.6 Å². The summed E-state index contributed by atoms with van der Waals surface area (Å²) in [4.78, 5) is 0. The lowest BCUT2D eigenvalue weighted by Crippen LogP contribution is -2.53. The van der Waals surface area contributed by atoms with Crippen molar-refractivity contribution in [2.75, 3.05) is 0 Å². The van der Waals surface area contributed by atoms with Crippen molar-refractivity contribution in [2.45, 2.75) is 58.7 Å². The van der Waals surface area contributed by atoms with Crippen molar-refractivity contribution in [1.29, 1.82) is 0 Å². The van der Waals surface area contributed by atoms with Gasteiger partial charge >= 0.3 is 7.12 Å². The van der Waals surface area contributed by atoms with Crippen molar-refractivity contribution in [1.82, 2.24) is 0 Å². The normalized spacial score (nSPS) is 12.8. The lowest BCUT2D eigenvalue weighted by Gasteiger charge is -2.38. The van der Waals surface area contributed by atoms with Crippen LogP contribution in [0.15, 0.2) is 18.2 Å². The van der Waals surface area contributed by atoms with Gasteiger partial charge in [-0.3, -0.25) is 0 Å². The summed E-state index contributed by atoms with van der Waals surface area (Å²) in [7, 11) is -1.16. The first kappa shape index (κ1) is 17.0. The third kappa shape index (κ3) is 3.75. The van der Waals surface area contributed by atoms with Gasteiger partial charge in [-0.05, 0) is 50.7 Å². The standard InChI is InChI=1S/C15H25BO4/c1-10(2)12-9-11(7-8-13(12)17)16(19)20-15(5,6)14(3,4)18/h7-10,17-19H,1-6H3. The summed E-state index contributed by atoms with van der Waals surface area (Å²) in [5.41, 5.74) is -0.691. The molecule has 112 valence electrons. The second-order valence-electron chi connectivity index (χ2n) is 6.51. The minimum Gasteiger partial charge on any atom is -0.508 e. The SMILES string of the molecule is CC(C)c1cc(B(O)OC(C)(C)C(C)(C)O)ccc1O. The van der Waals surface area contributed by atoms with E-state index in [9.17, 15) is 15.2 Å². The van der Waals surface area contributed by atoms with E-state index in [0.717, 1.165) is 5.56 Å². The number of aromatic hydroxyl groups is 1. The molecule has 0 aromatic heterocycles. The van der Waals surface area contributed by atoms with E-state index < -0.39 is 18.3 Å². The maximum atomic E-state index is 10.2. The van der Waals surface area contributed by atoms with E-state index in [2.05, 4.69) is 0 Å². The maximum Gasteiger partial charge on any atom is 0.491 e. The molecule has 1 aromatic rings. The third-order valence-corrected chi connectivity index (χ3v) is 3.84. The van der Waals surface area contributed by atoms with E-state index in [4.69, 9.17) is 4.65 Å². The molecule has 0 aliphatic heterocycles. The van der Waals surface area contributed by atoms with Gasteiger partial charge in [0.2, 0.25) is 0 Å². The quantitative estimate of drug-likeness (QED) is 0.719. The second kappa shape index (κ2) is 5.76. The molecule has 0 saturated heterocycles. The Morgan fingerprint density at radius 2 is 1.70 bits per heavy atom. The highest BCUT2D eigenvalue weighted by Crippen LogP contribution is 2.27. The van der Waals surface area contributed by atoms with Crippen LogP contribution < -0.4 is 5.46 Å². The zero-order valence-corrected chi connectivity index (χ0v) is 13.1. The monoisotopic (exact) mass is 280 g/mol. The zero-order valence-electron chi connectivity index (χ0n) is 13.1. The fourth-order valence-electron chi connectivity index (χ4n) is 1.68. The smallest absolute Gasteiger partial charge is 0.491 e. The lowest BCUT2D eigenvalue weighted by molar-refractivity contribution is -0.0982. The molecule has 0 bridgehead atoms. The molecule has 0 heterocycles. The van der Waals surface area contributed by atoms with Crippen LogP contribution in [-0.4, -0.2) is 33.6 Å². The van der Waals surface area contributed by atoms with Crippen LogP contribution in [0.5, 0.6) is 5.75 Å². The Labute approximate surface area is 121 Å². The van der Waals surface area contributed by atoms with Gasteiger partial charge in [0.1, 0.15) is 5.75 Å². The van der Waals surface area contributed by atoms with E-state index in [1.54, 1.807) is 45.9 Å². The summed E-state index contributed by atoms with van der Waals surface area (Å²) < 4.78 is 5.59. The van der Waals surface area contributed by atoms with Crippen molar-refractivity contribution in [3.8, 4) is 5.75 Å². The predicted molar refractivity (Wildman–Crippen MR) is 81.3 cm³/mol. The first-order valence-corrected chi connectivity index (χ1v) is 6.87. The van der Waals surface area contributed by atoms with Crippen molar-refractivity contribution in [3.05, 3.63) is 23.8 Å². The molecule has 4 nitrogen and oxygen atoms in total. The average Bonchev–Trinajstić information content (AvgIpc) is 2.26. The summed E-state index contributed by atoms with van der Waals surface area (Å²) in [6, 6.07) is 4.89. The van der Waals surface area contributed by atoms with Gasteiger partial charge in [0, 0.05) is 0 Å². The van der Waals surface area contributed by atoms with Crippen LogP contribution in [-0.2, 0) is 4.65 Å². The Kier molecular flexibility index (Phi) is 4.90. The van der Waals surface area contributed by atoms with Crippen LogP contribution in [0.1, 0.15) is 53.0 Å². The number of phenols is 1. The molecule has 0 saturated carbocycles. The lowest BCUT2D eigenvalue weighted by atomic mass is 9.75. The third-order valence-electron chi connectivity index (χ3n) is 3.84. The van der Waals surface area contributed by atoms with Gasteiger partial charge in [-0.2, -0.15) is 0 Å². The zero-order chi connectivity index (χ0) is 15.7. The summed E-state index contributed by atoms with van der Waals surface area (Å²) in [5, 5.41) is 30.0. The minimum absolute atomic E-state index is 0.143. The van der Waals surface area contributed by atoms with Gasteiger partial charge in [0.15, 0.2) is 0 Å². The molecular weight excluding hydrogens is 255 g/mol. The number of benzene rings is 1. The van der Waals surface area contributed by atoms with E-state index in [1.807, 2.05) is 13.8 Å². The number of hydrogen-bond acceptors (Lipinski definition) is 4. The van der Waals surface area contributed by atoms with E-state index in [0.29, 0.717) is 5.46 Å². The largest absolute Gasteiger partial charge is 0.508 e. The van der Waals surface area contributed by atoms with Crippen LogP contribution in [0.3, 0.4) is 0 Å². The van der Waals surface area contributed by atoms with Gasteiger partial charge in [-0.1, -0.05) is 26.0 Å². The topological polar surface area (TPSA) is 69.9 Å². The molecule has 0 atom stereocenters. The Balaban J connectivity index is 2.99. The maximum absolute atomic E-state index is 10.2. The molecule has 0 unspecified atom stereocenters. The Bertz CT molecular complexity index is 463. The highest BCUT2D eigenvalue weighted by molar-refractivity contribution is 6.60. The molecule has 1 aromatic carbocycles. The van der Waals surface area contributed by atoms with Crippen LogP contribution in [0.25, 0.3) is 0 Å². The van der Waals surface area contributed by atoms with Gasteiger partial charge in [0.05, 0.1) is 11.2 Å². The number of phenolic OH excluding ortho intramolecular Hbond substituents is 1. The molecule has 0 amide bonds. The molecule has 0 aliphatic rings. The fourth-order valence-corrected chi connectivity index (χ4v) is 1.68. The Hall–Kier alpha value is -1.04. The molecular formula is C15H25BO4. The number of rotatable bonds is 5. The molecule has 1 rings (SSSR count). The van der Waals surface area contributed by atoms with Gasteiger partial charge in [0.25, 0.3) is 0 Å². The van der Waals surface area contributed by atoms with Crippen LogP contribution in [0.4, 0.5) is 0 Å². The molecule has 0 radical (unpaired) electrons. The average molecular weight is 280 g/mol. The minimum atomic E-state index is -1.16. The summed E-state index contributed by atoms with van der Waals surface area (Å²) in [6.45, 7) is 10.6. The molecule has 0 aliphatic carbocycles. The van der Waals surface area contributed by atoms with E-state index in [1.165, 1.54) is 0 Å². The first-order valence-electron chi connectivity index (χ1n) is 6.87. The molecule has 0 spiro atoms. The van der Waals surface area contributed by atoms with Gasteiger partial charge in [-0.25, -0.2) is 0 Å². The summed E-state index contributed by atoms with van der Waals surface area (Å²) >= 11 is 0. The van der Waals surface area contributed by atoms with Crippen LogP contribution in [0.2, 0.25) is 0 Å². The van der Waals surface area contributed by atoms with Crippen molar-refractivity contribution in [2.24, 2.45) is 0 Å². The van der Waals surface area contributed by atoms with E-state index >= 15 is 0 Å². The highest BCUT2D eigenvalue weighted by atomic mass is 16.5. The van der Waals surface area contributed by atoms with Gasteiger partial charge in [-0.15, -0.1) is 0 Å². The van der Waals surface area contributed by atoms with Gasteiger partial charge < -0.3 is 19.9 Å². The number of hydrogen-bond donors (Lipinski definition) is 3. The molecule has 0 fully saturated rings. The second-order valence-corrected chi connectivity index (χ2v) is 6.51. The molecule has 20 heavy (non-hydrogen) atoms. The summed E-state index contributed by atoms with van der Waals surface area (Å²) in [6.07, 6.45) is 0. The first-order chi connectivity index (χ1) is 8.95. The van der Waals surface area contributed by atoms with E-state index in [-0.39, 0.29) is 11.7 Å². The fraction of sp³-hybridized carbons (Fsp3) is 0.600. The highest BCUT2D eigenvalue weighted by Gasteiger charge is 2.39. The Morgan fingerprint density at radius 3 is 2.15 bits per heavy atom. The van der Waals surface area contributed by atoms with Crippen molar-refractivity contribution in [3.63, 3.8) is 0 Å².